The van der Waals surface area contributed by atoms with Gasteiger partial charge in [0.15, 0.2) is 11.5 Å². The lowest BCUT2D eigenvalue weighted by atomic mass is 9.92. The van der Waals surface area contributed by atoms with Crippen molar-refractivity contribution < 1.29 is 24.2 Å². The maximum Gasteiger partial charge on any atom is 0.329 e. The molecule has 0 radical (unpaired) electrons. The van der Waals surface area contributed by atoms with E-state index in [0.29, 0.717) is 43.1 Å². The number of amides is 1. The Bertz CT molecular complexity index is 598. The summed E-state index contributed by atoms with van der Waals surface area (Å²) in [4.78, 5) is 24.0. The summed E-state index contributed by atoms with van der Waals surface area (Å²) in [5.74, 6) is 1.21. The van der Waals surface area contributed by atoms with Crippen LogP contribution in [0.2, 0.25) is 0 Å². The second-order valence-corrected chi connectivity index (χ2v) is 6.54. The first kappa shape index (κ1) is 15.0. The van der Waals surface area contributed by atoms with E-state index >= 15 is 0 Å². The fourth-order valence-corrected chi connectivity index (χ4v) is 3.78. The Hall–Kier alpha value is -1.89. The minimum Gasteiger partial charge on any atom is -0.486 e. The molecule has 1 aromatic rings. The van der Waals surface area contributed by atoms with Gasteiger partial charge in [-0.2, -0.15) is 11.8 Å². The Balaban J connectivity index is 1.79. The van der Waals surface area contributed by atoms with Gasteiger partial charge in [-0.3, -0.25) is 4.79 Å². The molecule has 3 rings (SSSR count). The fraction of sp³-hybridized carbons (Fsp3) is 0.467. The van der Waals surface area contributed by atoms with E-state index in [9.17, 15) is 14.7 Å². The molecule has 118 valence electrons. The van der Waals surface area contributed by atoms with Crippen molar-refractivity contribution in [3.05, 3.63) is 23.8 Å². The zero-order valence-corrected chi connectivity index (χ0v) is 12.8. The van der Waals surface area contributed by atoms with Crippen molar-refractivity contribution in [2.24, 2.45) is 0 Å². The van der Waals surface area contributed by atoms with Crippen molar-refractivity contribution in [2.45, 2.75) is 18.4 Å². The van der Waals surface area contributed by atoms with Crippen molar-refractivity contribution in [1.82, 2.24) is 5.32 Å². The third kappa shape index (κ3) is 2.85. The van der Waals surface area contributed by atoms with E-state index < -0.39 is 17.4 Å². The quantitative estimate of drug-likeness (QED) is 0.878. The topological polar surface area (TPSA) is 84.9 Å². The van der Waals surface area contributed by atoms with Crippen molar-refractivity contribution in [1.29, 1.82) is 0 Å². The smallest absolute Gasteiger partial charge is 0.329 e. The van der Waals surface area contributed by atoms with Crippen molar-refractivity contribution in [2.75, 3.05) is 24.7 Å². The van der Waals surface area contributed by atoms with Gasteiger partial charge in [0, 0.05) is 5.56 Å². The summed E-state index contributed by atoms with van der Waals surface area (Å²) in [6.45, 7) is 0.923. The number of hydrogen-bond acceptors (Lipinski definition) is 5. The molecule has 2 aliphatic heterocycles. The van der Waals surface area contributed by atoms with E-state index in [2.05, 4.69) is 5.32 Å². The lowest BCUT2D eigenvalue weighted by Crippen LogP contribution is -2.56. The van der Waals surface area contributed by atoms with Crippen LogP contribution in [-0.2, 0) is 4.79 Å². The lowest BCUT2D eigenvalue weighted by Gasteiger charge is -2.33. The molecular weight excluding hydrogens is 306 g/mol. The number of fused-ring (bicyclic) bond motifs is 1. The van der Waals surface area contributed by atoms with Gasteiger partial charge in [-0.1, -0.05) is 0 Å². The van der Waals surface area contributed by atoms with Crippen LogP contribution in [0.1, 0.15) is 23.2 Å². The summed E-state index contributed by atoms with van der Waals surface area (Å²) >= 11 is 1.70. The summed E-state index contributed by atoms with van der Waals surface area (Å²) in [6, 6.07) is 4.89. The maximum atomic E-state index is 12.4. The zero-order chi connectivity index (χ0) is 15.6. The summed E-state index contributed by atoms with van der Waals surface area (Å²) in [5, 5.41) is 12.2. The molecule has 7 heteroatoms. The van der Waals surface area contributed by atoms with E-state index in [4.69, 9.17) is 9.47 Å². The molecule has 0 spiro atoms. The number of carboxylic acids is 1. The van der Waals surface area contributed by atoms with Gasteiger partial charge >= 0.3 is 5.97 Å². The Labute approximate surface area is 132 Å². The van der Waals surface area contributed by atoms with Crippen molar-refractivity contribution in [3.8, 4) is 11.5 Å². The zero-order valence-electron chi connectivity index (χ0n) is 12.0. The van der Waals surface area contributed by atoms with Crippen LogP contribution >= 0.6 is 11.8 Å². The van der Waals surface area contributed by atoms with Crippen molar-refractivity contribution in [3.63, 3.8) is 0 Å². The lowest BCUT2D eigenvalue weighted by molar-refractivity contribution is -0.144. The van der Waals surface area contributed by atoms with Crippen LogP contribution in [0.5, 0.6) is 11.5 Å². The van der Waals surface area contributed by atoms with Gasteiger partial charge < -0.3 is 19.9 Å². The highest BCUT2D eigenvalue weighted by atomic mass is 32.2. The number of benzene rings is 1. The van der Waals surface area contributed by atoms with Crippen molar-refractivity contribution >= 4 is 23.6 Å². The fourth-order valence-electron chi connectivity index (χ4n) is 2.59. The molecule has 0 bridgehead atoms. The van der Waals surface area contributed by atoms with E-state index in [1.807, 2.05) is 0 Å². The Kier molecular flexibility index (Phi) is 4.15. The molecule has 2 heterocycles. The van der Waals surface area contributed by atoms with Gasteiger partial charge in [-0.15, -0.1) is 0 Å². The highest BCUT2D eigenvalue weighted by Gasteiger charge is 2.41. The average Bonchev–Trinajstić information content (AvgIpc) is 2.55. The van der Waals surface area contributed by atoms with E-state index in [-0.39, 0.29) is 0 Å². The van der Waals surface area contributed by atoms with Gasteiger partial charge in [0.1, 0.15) is 18.8 Å². The van der Waals surface area contributed by atoms with Crippen LogP contribution in [0.3, 0.4) is 0 Å². The molecule has 22 heavy (non-hydrogen) atoms. The summed E-state index contributed by atoms with van der Waals surface area (Å²) in [6.07, 6.45) is 0.868. The molecule has 2 N–H and O–H groups in total. The van der Waals surface area contributed by atoms with Gasteiger partial charge in [-0.05, 0) is 42.5 Å². The summed E-state index contributed by atoms with van der Waals surface area (Å²) < 4.78 is 10.9. The number of carbonyl (C=O) groups excluding carboxylic acids is 1. The van der Waals surface area contributed by atoms with Crippen LogP contribution < -0.4 is 14.8 Å². The third-order valence-corrected chi connectivity index (χ3v) is 4.90. The largest absolute Gasteiger partial charge is 0.486 e. The Morgan fingerprint density at radius 3 is 2.50 bits per heavy atom. The molecular formula is C15H17NO5S. The van der Waals surface area contributed by atoms with E-state index in [1.54, 1.807) is 30.0 Å². The van der Waals surface area contributed by atoms with Gasteiger partial charge in [-0.25, -0.2) is 4.79 Å². The minimum absolute atomic E-state index is 0.378. The Morgan fingerprint density at radius 1 is 1.14 bits per heavy atom. The van der Waals surface area contributed by atoms with E-state index in [1.165, 1.54) is 0 Å². The predicted octanol–water partition coefficient (Wildman–Crippen LogP) is 1.54. The first-order valence-corrected chi connectivity index (χ1v) is 8.29. The predicted molar refractivity (Wildman–Crippen MR) is 81.8 cm³/mol. The second-order valence-electron chi connectivity index (χ2n) is 5.31. The molecule has 0 unspecified atom stereocenters. The number of thioether (sulfide) groups is 1. The maximum absolute atomic E-state index is 12.4. The molecule has 1 aromatic carbocycles. The monoisotopic (exact) mass is 323 g/mol. The normalized spacial score (nSPS) is 19.3. The van der Waals surface area contributed by atoms with E-state index in [0.717, 1.165) is 11.5 Å². The molecule has 2 aliphatic rings. The molecule has 0 aliphatic carbocycles. The molecule has 1 amide bonds. The number of carbonyl (C=O) groups is 2. The Morgan fingerprint density at radius 2 is 1.82 bits per heavy atom. The highest BCUT2D eigenvalue weighted by Crippen LogP contribution is 2.32. The standard InChI is InChI=1S/C15H17NO5S/c17-13(16-15(14(18)19)3-7-22-8-4-15)10-1-2-11-12(9-10)21-6-5-20-11/h1-2,9H,3-8H2,(H,16,17)(H,18,19). The number of rotatable bonds is 3. The summed E-state index contributed by atoms with van der Waals surface area (Å²) in [7, 11) is 0. The highest BCUT2D eigenvalue weighted by molar-refractivity contribution is 7.99. The van der Waals surface area contributed by atoms with Gasteiger partial charge in [0.05, 0.1) is 0 Å². The molecule has 6 nitrogen and oxygen atoms in total. The number of ether oxygens (including phenoxy) is 2. The first-order valence-electron chi connectivity index (χ1n) is 7.14. The molecule has 1 saturated heterocycles. The second kappa shape index (κ2) is 6.08. The SMILES string of the molecule is O=C(NC1(C(=O)O)CCSCC1)c1ccc2c(c1)OCCO2. The van der Waals surface area contributed by atoms with Gasteiger partial charge in [0.2, 0.25) is 0 Å². The van der Waals surface area contributed by atoms with Crippen LogP contribution in [0.15, 0.2) is 18.2 Å². The van der Waals surface area contributed by atoms with Gasteiger partial charge in [0.25, 0.3) is 5.91 Å². The van der Waals surface area contributed by atoms with Crippen LogP contribution in [-0.4, -0.2) is 47.2 Å². The summed E-state index contributed by atoms with van der Waals surface area (Å²) in [5.41, 5.74) is -0.793. The first-order chi connectivity index (χ1) is 10.6. The minimum atomic E-state index is -1.17. The van der Waals surface area contributed by atoms with Crippen LogP contribution in [0, 0.1) is 0 Å². The van der Waals surface area contributed by atoms with Crippen LogP contribution in [0.25, 0.3) is 0 Å². The molecule has 0 atom stereocenters. The average molecular weight is 323 g/mol. The molecule has 1 fully saturated rings. The molecule has 0 saturated carbocycles. The number of nitrogens with one attached hydrogen (secondary N) is 1. The number of aliphatic carboxylic acids is 1. The number of carboxylic acid groups (broad SMARTS) is 1. The third-order valence-electron chi connectivity index (χ3n) is 3.91. The molecule has 0 aromatic heterocycles. The number of hydrogen-bond donors (Lipinski definition) is 2. The van der Waals surface area contributed by atoms with Crippen LogP contribution in [0.4, 0.5) is 0 Å².